The van der Waals surface area contributed by atoms with Crippen LogP contribution in [0.25, 0.3) is 0 Å². The van der Waals surface area contributed by atoms with E-state index in [1.54, 1.807) is 31.2 Å². The van der Waals surface area contributed by atoms with Gasteiger partial charge in [-0.1, -0.05) is 35.3 Å². The molecule has 8 heteroatoms. The Balaban J connectivity index is 1.82. The average molecular weight is 413 g/mol. The number of halogens is 3. The second-order valence-corrected chi connectivity index (χ2v) is 6.52. The second-order valence-electron chi connectivity index (χ2n) is 5.67. The third-order valence-electron chi connectivity index (χ3n) is 3.72. The zero-order chi connectivity index (χ0) is 19.8. The molecule has 0 atom stereocenters. The summed E-state index contributed by atoms with van der Waals surface area (Å²) < 4.78 is 18.3. The van der Waals surface area contributed by atoms with E-state index in [0.29, 0.717) is 22.3 Å². The van der Waals surface area contributed by atoms with Crippen molar-refractivity contribution in [2.45, 2.75) is 13.5 Å². The molecule has 0 heterocycles. The molecule has 0 saturated carbocycles. The van der Waals surface area contributed by atoms with Crippen LogP contribution in [0.3, 0.4) is 0 Å². The fraction of sp³-hybridized carbons (Fsp3) is 0.263. The highest BCUT2D eigenvalue weighted by molar-refractivity contribution is 6.35. The molecule has 1 N–H and O–H groups in total. The summed E-state index contributed by atoms with van der Waals surface area (Å²) in [5, 5.41) is 3.46. The number of amides is 2. The molecule has 2 amide bonds. The monoisotopic (exact) mass is 412 g/mol. The third kappa shape index (κ3) is 6.73. The number of nitrogens with one attached hydrogen (secondary N) is 1. The van der Waals surface area contributed by atoms with Gasteiger partial charge in [-0.25, -0.2) is 4.39 Å². The van der Waals surface area contributed by atoms with Gasteiger partial charge in [0.05, 0.1) is 11.6 Å². The number of hydrogen-bond donors (Lipinski definition) is 1. The molecular weight excluding hydrogens is 394 g/mol. The number of hydrogen-bond acceptors (Lipinski definition) is 3. The molecule has 0 saturated heterocycles. The van der Waals surface area contributed by atoms with Crippen LogP contribution in [-0.4, -0.2) is 36.4 Å². The highest BCUT2D eigenvalue weighted by atomic mass is 35.5. The summed E-state index contributed by atoms with van der Waals surface area (Å²) in [6.45, 7) is 2.01. The predicted molar refractivity (Wildman–Crippen MR) is 102 cm³/mol. The second kappa shape index (κ2) is 10.1. The topological polar surface area (TPSA) is 58.6 Å². The Bertz CT molecular complexity index is 800. The van der Waals surface area contributed by atoms with Crippen LogP contribution in [-0.2, 0) is 16.1 Å². The number of rotatable bonds is 8. The maximum atomic E-state index is 12.9. The lowest BCUT2D eigenvalue weighted by molar-refractivity contribution is -0.137. The first-order chi connectivity index (χ1) is 12.9. The van der Waals surface area contributed by atoms with Crippen molar-refractivity contribution in [1.29, 1.82) is 0 Å². The highest BCUT2D eigenvalue weighted by Crippen LogP contribution is 2.27. The van der Waals surface area contributed by atoms with Crippen molar-refractivity contribution in [3.63, 3.8) is 0 Å². The molecule has 0 aliphatic carbocycles. The zero-order valence-electron chi connectivity index (χ0n) is 14.7. The maximum absolute atomic E-state index is 12.9. The SMILES string of the molecule is CCN(CC(=O)NCc1ccc(F)cc1)C(=O)COc1ccc(Cl)cc1Cl. The summed E-state index contributed by atoms with van der Waals surface area (Å²) in [4.78, 5) is 25.7. The first kappa shape index (κ1) is 21.0. The summed E-state index contributed by atoms with van der Waals surface area (Å²) in [5.41, 5.74) is 0.764. The fourth-order valence-corrected chi connectivity index (χ4v) is 2.69. The van der Waals surface area contributed by atoms with Crippen molar-refractivity contribution in [3.05, 3.63) is 63.9 Å². The summed E-state index contributed by atoms with van der Waals surface area (Å²) in [5.74, 6) is -0.667. The quantitative estimate of drug-likeness (QED) is 0.719. The van der Waals surface area contributed by atoms with Crippen molar-refractivity contribution in [3.8, 4) is 5.75 Å². The van der Waals surface area contributed by atoms with E-state index in [0.717, 1.165) is 5.56 Å². The molecule has 0 bridgehead atoms. The molecular formula is C19H19Cl2FN2O3. The van der Waals surface area contributed by atoms with Crippen LogP contribution < -0.4 is 10.1 Å². The van der Waals surface area contributed by atoms with Crippen LogP contribution >= 0.6 is 23.2 Å². The normalized spacial score (nSPS) is 10.4. The van der Waals surface area contributed by atoms with Crippen molar-refractivity contribution in [2.75, 3.05) is 19.7 Å². The van der Waals surface area contributed by atoms with Gasteiger partial charge >= 0.3 is 0 Å². The number of nitrogens with zero attached hydrogens (tertiary/aromatic N) is 1. The van der Waals surface area contributed by atoms with E-state index in [1.165, 1.54) is 23.1 Å². The van der Waals surface area contributed by atoms with E-state index in [2.05, 4.69) is 5.32 Å². The Morgan fingerprint density at radius 1 is 1.15 bits per heavy atom. The molecule has 2 aromatic rings. The molecule has 0 spiro atoms. The van der Waals surface area contributed by atoms with Crippen molar-refractivity contribution in [1.82, 2.24) is 10.2 Å². The molecule has 144 valence electrons. The summed E-state index contributed by atoms with van der Waals surface area (Å²) in [7, 11) is 0. The van der Waals surface area contributed by atoms with Crippen LogP contribution in [0.1, 0.15) is 12.5 Å². The lowest BCUT2D eigenvalue weighted by Crippen LogP contribution is -2.42. The molecule has 0 aromatic heterocycles. The Hall–Kier alpha value is -2.31. The Morgan fingerprint density at radius 2 is 1.85 bits per heavy atom. The van der Waals surface area contributed by atoms with E-state index < -0.39 is 0 Å². The smallest absolute Gasteiger partial charge is 0.260 e. The first-order valence-corrected chi connectivity index (χ1v) is 9.01. The van der Waals surface area contributed by atoms with E-state index in [9.17, 15) is 14.0 Å². The number of benzene rings is 2. The molecule has 0 aliphatic heterocycles. The lowest BCUT2D eigenvalue weighted by atomic mass is 10.2. The minimum atomic E-state index is -0.347. The van der Waals surface area contributed by atoms with Crippen LogP contribution in [0.5, 0.6) is 5.75 Å². The highest BCUT2D eigenvalue weighted by Gasteiger charge is 2.16. The number of carbonyl (C=O) groups excluding carboxylic acids is 2. The summed E-state index contributed by atoms with van der Waals surface area (Å²) in [6, 6.07) is 10.5. The number of likely N-dealkylation sites (N-methyl/N-ethyl adjacent to an activating group) is 1. The molecule has 2 rings (SSSR count). The lowest BCUT2D eigenvalue weighted by Gasteiger charge is -2.20. The molecule has 5 nitrogen and oxygen atoms in total. The van der Waals surface area contributed by atoms with Gasteiger partial charge in [0.1, 0.15) is 11.6 Å². The van der Waals surface area contributed by atoms with Crippen molar-refractivity contribution < 1.29 is 18.7 Å². The average Bonchev–Trinajstić information content (AvgIpc) is 2.64. The van der Waals surface area contributed by atoms with Gasteiger partial charge in [0.25, 0.3) is 5.91 Å². The van der Waals surface area contributed by atoms with E-state index in [1.807, 2.05) is 0 Å². The number of ether oxygens (including phenoxy) is 1. The van der Waals surface area contributed by atoms with Crippen LogP contribution in [0, 0.1) is 5.82 Å². The molecule has 0 fully saturated rings. The van der Waals surface area contributed by atoms with E-state index in [-0.39, 0.29) is 37.3 Å². The molecule has 0 aliphatic rings. The Morgan fingerprint density at radius 3 is 2.48 bits per heavy atom. The minimum absolute atomic E-state index is 0.103. The van der Waals surface area contributed by atoms with Gasteiger partial charge in [-0.2, -0.15) is 0 Å². The van der Waals surface area contributed by atoms with Gasteiger partial charge < -0.3 is 15.0 Å². The van der Waals surface area contributed by atoms with Gasteiger partial charge in [-0.15, -0.1) is 0 Å². The van der Waals surface area contributed by atoms with Crippen LogP contribution in [0.15, 0.2) is 42.5 Å². The number of carbonyl (C=O) groups is 2. The standard InChI is InChI=1S/C19H19Cl2FN2O3/c1-2-24(11-18(25)23-10-13-3-6-15(22)7-4-13)19(26)12-27-17-8-5-14(20)9-16(17)21/h3-9H,2,10-12H2,1H3,(H,23,25). The van der Waals surface area contributed by atoms with Crippen LogP contribution in [0.2, 0.25) is 10.0 Å². The van der Waals surface area contributed by atoms with Crippen molar-refractivity contribution in [2.24, 2.45) is 0 Å². The molecule has 27 heavy (non-hydrogen) atoms. The largest absolute Gasteiger partial charge is 0.482 e. The molecule has 0 unspecified atom stereocenters. The fourth-order valence-electron chi connectivity index (χ4n) is 2.23. The van der Waals surface area contributed by atoms with Gasteiger partial charge in [0, 0.05) is 18.1 Å². The maximum Gasteiger partial charge on any atom is 0.260 e. The summed E-state index contributed by atoms with van der Waals surface area (Å²) in [6.07, 6.45) is 0. The zero-order valence-corrected chi connectivity index (χ0v) is 16.2. The van der Waals surface area contributed by atoms with Gasteiger partial charge in [0.2, 0.25) is 5.91 Å². The Labute approximate surface area is 167 Å². The summed E-state index contributed by atoms with van der Waals surface area (Å²) >= 11 is 11.8. The molecule has 0 radical (unpaired) electrons. The van der Waals surface area contributed by atoms with Crippen molar-refractivity contribution >= 4 is 35.0 Å². The van der Waals surface area contributed by atoms with E-state index in [4.69, 9.17) is 27.9 Å². The minimum Gasteiger partial charge on any atom is -0.482 e. The third-order valence-corrected chi connectivity index (χ3v) is 4.25. The van der Waals surface area contributed by atoms with Crippen LogP contribution in [0.4, 0.5) is 4.39 Å². The van der Waals surface area contributed by atoms with Gasteiger partial charge in [-0.3, -0.25) is 9.59 Å². The van der Waals surface area contributed by atoms with Gasteiger partial charge in [0.15, 0.2) is 6.61 Å². The van der Waals surface area contributed by atoms with E-state index >= 15 is 0 Å². The molecule has 2 aromatic carbocycles. The predicted octanol–water partition coefficient (Wildman–Crippen LogP) is 3.68. The first-order valence-electron chi connectivity index (χ1n) is 8.25. The van der Waals surface area contributed by atoms with Gasteiger partial charge in [-0.05, 0) is 42.8 Å². The Kier molecular flexibility index (Phi) is 7.88.